The van der Waals surface area contributed by atoms with Crippen molar-refractivity contribution in [2.45, 2.75) is 33.6 Å². The first kappa shape index (κ1) is 13.4. The van der Waals surface area contributed by atoms with Gasteiger partial charge in [-0.05, 0) is 31.9 Å². The summed E-state index contributed by atoms with van der Waals surface area (Å²) in [6.07, 6.45) is 2.48. The summed E-state index contributed by atoms with van der Waals surface area (Å²) < 4.78 is 0. The smallest absolute Gasteiger partial charge is 0.220 e. The number of quaternary nitrogens is 1. The highest BCUT2D eigenvalue weighted by Crippen LogP contribution is 2.27. The van der Waals surface area contributed by atoms with E-state index in [1.54, 1.807) is 4.90 Å². The molecule has 1 aromatic rings. The predicted octanol–water partition coefficient (Wildman–Crippen LogP) is -1.61. The quantitative estimate of drug-likeness (QED) is 0.648. The van der Waals surface area contributed by atoms with Crippen LogP contribution < -0.4 is 22.3 Å². The zero-order valence-electron chi connectivity index (χ0n) is 11.3. The molecule has 2 aliphatic heterocycles. The van der Waals surface area contributed by atoms with Crippen LogP contribution in [0, 0.1) is 20.8 Å². The number of nitrogens with one attached hydrogen (secondary N) is 1. The first-order valence-corrected chi connectivity index (χ1v) is 6.43. The Hall–Kier alpha value is -1.06. The molecule has 0 aliphatic carbocycles. The number of hydrogen-bond donors (Lipinski definition) is 1. The number of hydrogen-bond acceptors (Lipinski definition) is 2. The first-order chi connectivity index (χ1) is 8.15. The van der Waals surface area contributed by atoms with Gasteiger partial charge in [-0.15, -0.1) is 5.10 Å². The van der Waals surface area contributed by atoms with E-state index < -0.39 is 0 Å². The third-order valence-corrected chi connectivity index (χ3v) is 3.78. The number of fused-ring (bicyclic) bond motifs is 1. The molecule has 1 atom stereocenters. The van der Waals surface area contributed by atoms with Crippen LogP contribution in [-0.2, 0) is 0 Å². The second-order valence-corrected chi connectivity index (χ2v) is 5.31. The molecule has 1 aromatic carbocycles. The van der Waals surface area contributed by atoms with Crippen LogP contribution in [0.3, 0.4) is 0 Å². The molecule has 0 saturated carbocycles. The summed E-state index contributed by atoms with van der Waals surface area (Å²) in [5, 5.41) is 6.99. The van der Waals surface area contributed by atoms with Crippen LogP contribution in [0.1, 0.15) is 29.5 Å². The molecule has 98 valence electrons. The van der Waals surface area contributed by atoms with Crippen molar-refractivity contribution in [3.63, 3.8) is 0 Å². The van der Waals surface area contributed by atoms with Crippen molar-refractivity contribution in [1.82, 2.24) is 0 Å². The fourth-order valence-electron chi connectivity index (χ4n) is 3.15. The standard InChI is InChI=1S/C14H19N3.ClH/c1-10-7-11(2)14(12(3)8-10)17-9-16-6-4-5-13(16)15-17;/h7-8H,4-6,9H2,1-3H3;1H. The van der Waals surface area contributed by atoms with E-state index in [-0.39, 0.29) is 12.4 Å². The van der Waals surface area contributed by atoms with E-state index in [0.29, 0.717) is 0 Å². The monoisotopic (exact) mass is 265 g/mol. The number of halogens is 1. The fraction of sp³-hybridized carbons (Fsp3) is 0.500. The second-order valence-electron chi connectivity index (χ2n) is 5.31. The van der Waals surface area contributed by atoms with Crippen molar-refractivity contribution in [3.8, 4) is 0 Å². The molecule has 0 amide bonds. The Labute approximate surface area is 115 Å². The lowest BCUT2D eigenvalue weighted by molar-refractivity contribution is -0.791. The highest BCUT2D eigenvalue weighted by atomic mass is 35.5. The van der Waals surface area contributed by atoms with Gasteiger partial charge in [0.15, 0.2) is 6.67 Å². The Morgan fingerprint density at radius 2 is 1.83 bits per heavy atom. The summed E-state index contributed by atoms with van der Waals surface area (Å²) in [6.45, 7) is 8.80. The number of hydrazone groups is 1. The van der Waals surface area contributed by atoms with E-state index in [1.165, 1.54) is 47.6 Å². The average Bonchev–Trinajstić information content (AvgIpc) is 2.75. The van der Waals surface area contributed by atoms with Crippen LogP contribution in [0.5, 0.6) is 0 Å². The predicted molar refractivity (Wildman–Crippen MR) is 70.5 cm³/mol. The maximum absolute atomic E-state index is 4.78. The van der Waals surface area contributed by atoms with E-state index in [1.807, 2.05) is 0 Å². The summed E-state index contributed by atoms with van der Waals surface area (Å²) in [5.41, 5.74) is 5.33. The Balaban J connectivity index is 0.00000120. The second kappa shape index (κ2) is 4.90. The van der Waals surface area contributed by atoms with Crippen LogP contribution in [0.15, 0.2) is 17.2 Å². The topological polar surface area (TPSA) is 20.0 Å². The molecule has 1 N–H and O–H groups in total. The van der Waals surface area contributed by atoms with E-state index in [4.69, 9.17) is 5.10 Å². The number of anilines is 1. The maximum Gasteiger partial charge on any atom is 0.220 e. The number of amidine groups is 1. The summed E-state index contributed by atoms with van der Waals surface area (Å²) in [5.74, 6) is 1.35. The normalized spacial score (nSPS) is 21.6. The van der Waals surface area contributed by atoms with Gasteiger partial charge in [-0.3, -0.25) is 4.90 Å². The molecule has 0 aromatic heterocycles. The summed E-state index contributed by atoms with van der Waals surface area (Å²) >= 11 is 0. The van der Waals surface area contributed by atoms with Gasteiger partial charge in [-0.1, -0.05) is 17.7 Å². The fourth-order valence-corrected chi connectivity index (χ4v) is 3.15. The van der Waals surface area contributed by atoms with Crippen LogP contribution >= 0.6 is 0 Å². The zero-order valence-corrected chi connectivity index (χ0v) is 12.0. The van der Waals surface area contributed by atoms with E-state index in [9.17, 15) is 0 Å². The van der Waals surface area contributed by atoms with Gasteiger partial charge in [0.05, 0.1) is 12.2 Å². The van der Waals surface area contributed by atoms with Crippen molar-refractivity contribution in [1.29, 1.82) is 0 Å². The molecule has 2 heterocycles. The van der Waals surface area contributed by atoms with Crippen molar-refractivity contribution < 1.29 is 17.3 Å². The molecule has 1 unspecified atom stereocenters. The van der Waals surface area contributed by atoms with Crippen molar-refractivity contribution >= 4 is 11.5 Å². The van der Waals surface area contributed by atoms with Gasteiger partial charge in [0.1, 0.15) is 0 Å². The average molecular weight is 266 g/mol. The van der Waals surface area contributed by atoms with E-state index >= 15 is 0 Å². The molecule has 18 heavy (non-hydrogen) atoms. The minimum absolute atomic E-state index is 0. The first-order valence-electron chi connectivity index (χ1n) is 6.43. The van der Waals surface area contributed by atoms with Gasteiger partial charge in [-0.2, -0.15) is 0 Å². The summed E-state index contributed by atoms with van der Waals surface area (Å²) in [4.78, 5) is 1.56. The molecule has 2 aliphatic rings. The Bertz CT molecular complexity index is 473. The molecular weight excluding hydrogens is 246 g/mol. The Kier molecular flexibility index (Phi) is 3.64. The van der Waals surface area contributed by atoms with Gasteiger partial charge < -0.3 is 12.4 Å². The van der Waals surface area contributed by atoms with Crippen LogP contribution in [0.25, 0.3) is 0 Å². The molecule has 0 radical (unpaired) electrons. The number of nitrogens with zero attached hydrogens (tertiary/aromatic N) is 2. The summed E-state index contributed by atoms with van der Waals surface area (Å²) in [7, 11) is 0. The van der Waals surface area contributed by atoms with Gasteiger partial charge in [0.25, 0.3) is 0 Å². The molecule has 3 rings (SSSR count). The lowest BCUT2D eigenvalue weighted by Crippen LogP contribution is -3.11. The zero-order chi connectivity index (χ0) is 12.0. The molecule has 0 spiro atoms. The Morgan fingerprint density at radius 1 is 1.17 bits per heavy atom. The van der Waals surface area contributed by atoms with Gasteiger partial charge >= 0.3 is 0 Å². The molecule has 3 nitrogen and oxygen atoms in total. The van der Waals surface area contributed by atoms with E-state index in [0.717, 1.165) is 6.67 Å². The van der Waals surface area contributed by atoms with E-state index in [2.05, 4.69) is 37.9 Å². The minimum atomic E-state index is 0. The molecular formula is C14H20ClN3. The lowest BCUT2D eigenvalue weighted by atomic mass is 10.1. The van der Waals surface area contributed by atoms with Crippen molar-refractivity contribution in [3.05, 3.63) is 28.8 Å². The van der Waals surface area contributed by atoms with Crippen LogP contribution in [0.2, 0.25) is 0 Å². The molecule has 0 bridgehead atoms. The highest BCUT2D eigenvalue weighted by molar-refractivity contribution is 5.78. The third-order valence-electron chi connectivity index (χ3n) is 3.78. The number of aryl methyl sites for hydroxylation is 3. The van der Waals surface area contributed by atoms with Gasteiger partial charge in [-0.25, -0.2) is 5.01 Å². The van der Waals surface area contributed by atoms with Crippen LogP contribution in [-0.4, -0.2) is 19.0 Å². The van der Waals surface area contributed by atoms with Crippen LogP contribution in [0.4, 0.5) is 5.69 Å². The SMILES string of the molecule is Cc1cc(C)c(N2C[NH+]3CCCC3=N2)c(C)c1.[Cl-]. The molecule has 1 fully saturated rings. The maximum atomic E-state index is 4.78. The molecule has 4 heteroatoms. The molecule has 1 saturated heterocycles. The van der Waals surface area contributed by atoms with Gasteiger partial charge in [0.2, 0.25) is 5.84 Å². The number of rotatable bonds is 1. The van der Waals surface area contributed by atoms with Crippen molar-refractivity contribution in [2.24, 2.45) is 5.10 Å². The van der Waals surface area contributed by atoms with Crippen molar-refractivity contribution in [2.75, 3.05) is 18.2 Å². The minimum Gasteiger partial charge on any atom is -1.00 e. The Morgan fingerprint density at radius 3 is 2.44 bits per heavy atom. The number of benzene rings is 1. The van der Waals surface area contributed by atoms with Gasteiger partial charge in [0, 0.05) is 12.8 Å². The lowest BCUT2D eigenvalue weighted by Gasteiger charge is -2.19. The summed E-state index contributed by atoms with van der Waals surface area (Å²) in [6, 6.07) is 4.50. The highest BCUT2D eigenvalue weighted by Gasteiger charge is 2.34. The largest absolute Gasteiger partial charge is 1.00 e. The third kappa shape index (κ3) is 2.13.